The van der Waals surface area contributed by atoms with Gasteiger partial charge in [-0.15, -0.1) is 0 Å². The molecule has 154 valence electrons. The Kier molecular flexibility index (Phi) is 5.50. The zero-order chi connectivity index (χ0) is 20.5. The predicted octanol–water partition coefficient (Wildman–Crippen LogP) is 4.65. The second kappa shape index (κ2) is 8.06. The fourth-order valence-corrected chi connectivity index (χ4v) is 4.15. The van der Waals surface area contributed by atoms with Crippen molar-refractivity contribution in [2.24, 2.45) is 5.92 Å². The Labute approximate surface area is 167 Å². The number of carbonyl (C=O) groups excluding carboxylic acids is 1. The van der Waals surface area contributed by atoms with Crippen LogP contribution in [0.3, 0.4) is 0 Å². The van der Waals surface area contributed by atoms with Crippen molar-refractivity contribution < 1.29 is 22.7 Å². The molecule has 0 spiro atoms. The van der Waals surface area contributed by atoms with Crippen LogP contribution in [-0.4, -0.2) is 36.7 Å². The smallest absolute Gasteiger partial charge is 0.414 e. The standard InChI is InChI=1S/C22H23F3N2O2/c1-14-3-2-4-17(9-14)27(12-16-10-19(24)20(25)11-18(16)23)22(28)29-21-13-26-7-5-15(21)6-8-26/h2-4,9-11,15,21H,5-8,12-13H2,1H3. The number of piperidine rings is 3. The van der Waals surface area contributed by atoms with Crippen LogP contribution in [-0.2, 0) is 11.3 Å². The van der Waals surface area contributed by atoms with E-state index in [2.05, 4.69) is 4.90 Å². The second-order valence-corrected chi connectivity index (χ2v) is 7.84. The Morgan fingerprint density at radius 3 is 2.48 bits per heavy atom. The van der Waals surface area contributed by atoms with Crippen molar-refractivity contribution in [1.82, 2.24) is 4.90 Å². The molecule has 2 bridgehead atoms. The maximum Gasteiger partial charge on any atom is 0.414 e. The third kappa shape index (κ3) is 4.24. The lowest BCUT2D eigenvalue weighted by atomic mass is 9.86. The minimum atomic E-state index is -1.26. The predicted molar refractivity (Wildman–Crippen MR) is 103 cm³/mol. The van der Waals surface area contributed by atoms with Gasteiger partial charge >= 0.3 is 6.09 Å². The van der Waals surface area contributed by atoms with Crippen LogP contribution in [0, 0.1) is 30.3 Å². The molecule has 3 saturated heterocycles. The Bertz CT molecular complexity index is 913. The van der Waals surface area contributed by atoms with Crippen LogP contribution in [0.2, 0.25) is 0 Å². The molecule has 1 atom stereocenters. The number of halogens is 3. The van der Waals surface area contributed by atoms with Crippen molar-refractivity contribution in [2.75, 3.05) is 24.5 Å². The number of rotatable bonds is 4. The van der Waals surface area contributed by atoms with E-state index in [1.54, 1.807) is 18.2 Å². The van der Waals surface area contributed by atoms with E-state index >= 15 is 0 Å². The molecular weight excluding hydrogens is 381 g/mol. The number of nitrogens with zero attached hydrogens (tertiary/aromatic N) is 2. The number of fused-ring (bicyclic) bond motifs is 3. The Morgan fingerprint density at radius 1 is 1.10 bits per heavy atom. The molecule has 2 aromatic rings. The molecule has 2 aromatic carbocycles. The average Bonchev–Trinajstić information content (AvgIpc) is 2.70. The van der Waals surface area contributed by atoms with Gasteiger partial charge in [-0.1, -0.05) is 12.1 Å². The first-order valence-corrected chi connectivity index (χ1v) is 9.81. The highest BCUT2D eigenvalue weighted by Gasteiger charge is 2.37. The summed E-state index contributed by atoms with van der Waals surface area (Å²) in [6.07, 6.45) is 1.14. The van der Waals surface area contributed by atoms with Gasteiger partial charge in [0.05, 0.1) is 6.54 Å². The lowest BCUT2D eigenvalue weighted by molar-refractivity contribution is -0.0311. The summed E-state index contributed by atoms with van der Waals surface area (Å²) in [5, 5.41) is 0. The first-order chi connectivity index (χ1) is 13.9. The maximum absolute atomic E-state index is 14.2. The molecule has 0 aromatic heterocycles. The van der Waals surface area contributed by atoms with Gasteiger partial charge in [0, 0.05) is 23.9 Å². The van der Waals surface area contributed by atoms with Crippen LogP contribution in [0.15, 0.2) is 36.4 Å². The maximum atomic E-state index is 14.2. The molecule has 1 amide bonds. The molecule has 3 fully saturated rings. The zero-order valence-corrected chi connectivity index (χ0v) is 16.2. The second-order valence-electron chi connectivity index (χ2n) is 7.84. The molecular formula is C22H23F3N2O2. The van der Waals surface area contributed by atoms with Gasteiger partial charge in [0.1, 0.15) is 11.9 Å². The minimum absolute atomic E-state index is 0.115. The third-order valence-corrected chi connectivity index (χ3v) is 5.80. The summed E-state index contributed by atoms with van der Waals surface area (Å²) in [7, 11) is 0. The van der Waals surface area contributed by atoms with Crippen LogP contribution in [0.1, 0.15) is 24.0 Å². The van der Waals surface area contributed by atoms with E-state index in [4.69, 9.17) is 4.74 Å². The molecule has 3 aliphatic heterocycles. The van der Waals surface area contributed by atoms with Gasteiger partial charge in [0.2, 0.25) is 0 Å². The molecule has 0 N–H and O–H groups in total. The Hall–Kier alpha value is -2.54. The van der Waals surface area contributed by atoms with Gasteiger partial charge in [-0.3, -0.25) is 9.80 Å². The van der Waals surface area contributed by atoms with E-state index in [0.29, 0.717) is 24.2 Å². The number of hydrogen-bond acceptors (Lipinski definition) is 3. The topological polar surface area (TPSA) is 32.8 Å². The number of hydrogen-bond donors (Lipinski definition) is 0. The van der Waals surface area contributed by atoms with E-state index in [0.717, 1.165) is 37.6 Å². The van der Waals surface area contributed by atoms with Crippen LogP contribution < -0.4 is 4.90 Å². The fourth-order valence-electron chi connectivity index (χ4n) is 4.15. The fraction of sp³-hybridized carbons (Fsp3) is 0.409. The van der Waals surface area contributed by atoms with Gasteiger partial charge in [-0.2, -0.15) is 0 Å². The lowest BCUT2D eigenvalue weighted by Gasteiger charge is -2.44. The van der Waals surface area contributed by atoms with Crippen LogP contribution >= 0.6 is 0 Å². The Morgan fingerprint density at radius 2 is 1.83 bits per heavy atom. The van der Waals surface area contributed by atoms with Gasteiger partial charge in [-0.25, -0.2) is 18.0 Å². The summed E-state index contributed by atoms with van der Waals surface area (Å²) in [5.41, 5.74) is 1.31. The summed E-state index contributed by atoms with van der Waals surface area (Å²) in [5.74, 6) is -3.00. The monoisotopic (exact) mass is 404 g/mol. The molecule has 0 saturated carbocycles. The molecule has 7 heteroatoms. The van der Waals surface area contributed by atoms with E-state index < -0.39 is 23.5 Å². The number of ether oxygens (including phenoxy) is 1. The van der Waals surface area contributed by atoms with Crippen molar-refractivity contribution in [3.63, 3.8) is 0 Å². The van der Waals surface area contributed by atoms with Crippen molar-refractivity contribution in [3.05, 3.63) is 65.0 Å². The SMILES string of the molecule is Cc1cccc(N(Cc2cc(F)c(F)cc2F)C(=O)OC2CN3CCC2CC3)c1. The van der Waals surface area contributed by atoms with Crippen molar-refractivity contribution in [3.8, 4) is 0 Å². The summed E-state index contributed by atoms with van der Waals surface area (Å²) in [4.78, 5) is 16.6. The summed E-state index contributed by atoms with van der Waals surface area (Å²) < 4.78 is 47.0. The van der Waals surface area contributed by atoms with Gasteiger partial charge < -0.3 is 4.74 Å². The molecule has 5 rings (SSSR count). The molecule has 4 nitrogen and oxygen atoms in total. The molecule has 3 aliphatic rings. The number of carbonyl (C=O) groups is 1. The third-order valence-electron chi connectivity index (χ3n) is 5.80. The minimum Gasteiger partial charge on any atom is -0.444 e. The molecule has 0 radical (unpaired) electrons. The normalized spacial score (nSPS) is 23.1. The quantitative estimate of drug-likeness (QED) is 0.696. The summed E-state index contributed by atoms with van der Waals surface area (Å²) >= 11 is 0. The van der Waals surface area contributed by atoms with Gasteiger partial charge in [-0.05, 0) is 62.5 Å². The highest BCUT2D eigenvalue weighted by Crippen LogP contribution is 2.31. The number of amides is 1. The van der Waals surface area contributed by atoms with Gasteiger partial charge in [0.25, 0.3) is 0 Å². The average molecular weight is 404 g/mol. The molecule has 0 aliphatic carbocycles. The van der Waals surface area contributed by atoms with Crippen molar-refractivity contribution in [1.29, 1.82) is 0 Å². The summed E-state index contributed by atoms with van der Waals surface area (Å²) in [6.45, 7) is 4.34. The van der Waals surface area contributed by atoms with E-state index in [1.807, 2.05) is 13.0 Å². The summed E-state index contributed by atoms with van der Waals surface area (Å²) in [6, 6.07) is 8.42. The lowest BCUT2D eigenvalue weighted by Crippen LogP contribution is -2.53. The molecule has 3 heterocycles. The zero-order valence-electron chi connectivity index (χ0n) is 16.2. The number of benzene rings is 2. The highest BCUT2D eigenvalue weighted by atomic mass is 19.2. The van der Waals surface area contributed by atoms with Crippen molar-refractivity contribution in [2.45, 2.75) is 32.4 Å². The molecule has 29 heavy (non-hydrogen) atoms. The number of anilines is 1. The van der Waals surface area contributed by atoms with Crippen LogP contribution in [0.4, 0.5) is 23.7 Å². The van der Waals surface area contributed by atoms with Crippen LogP contribution in [0.25, 0.3) is 0 Å². The number of aryl methyl sites for hydroxylation is 1. The van der Waals surface area contributed by atoms with E-state index in [-0.39, 0.29) is 18.2 Å². The van der Waals surface area contributed by atoms with E-state index in [9.17, 15) is 18.0 Å². The van der Waals surface area contributed by atoms with Gasteiger partial charge in [0.15, 0.2) is 11.6 Å². The first kappa shape index (κ1) is 19.8. The van der Waals surface area contributed by atoms with E-state index in [1.165, 1.54) is 4.90 Å². The Balaban J connectivity index is 1.60. The van der Waals surface area contributed by atoms with Crippen LogP contribution in [0.5, 0.6) is 0 Å². The first-order valence-electron chi connectivity index (χ1n) is 9.81. The highest BCUT2D eigenvalue weighted by molar-refractivity contribution is 5.87. The largest absolute Gasteiger partial charge is 0.444 e. The van der Waals surface area contributed by atoms with Crippen molar-refractivity contribution >= 4 is 11.8 Å². The molecule has 1 unspecified atom stereocenters.